The Kier molecular flexibility index (Phi) is 1.55. The fourth-order valence-corrected chi connectivity index (χ4v) is 1.51. The van der Waals surface area contributed by atoms with Crippen molar-refractivity contribution >= 4 is 11.9 Å². The Hall–Kier alpha value is -1.52. The average molecular weight is 181 g/mol. The summed E-state index contributed by atoms with van der Waals surface area (Å²) in [5.41, 5.74) is 6.42. The Morgan fingerprint density at radius 3 is 2.77 bits per heavy atom. The Bertz CT molecular complexity index is 366. The van der Waals surface area contributed by atoms with Gasteiger partial charge in [0.2, 0.25) is 5.95 Å². The molecule has 1 aliphatic rings. The number of imidazole rings is 1. The molecular weight excluding hydrogens is 170 g/mol. The standard InChI is InChI=1S/C8H11N3O2/c1-11-6(4-2-3-4)5(7(12)13)10-8(11)9/h4H,2-3H2,1H3,(H2,9,10)(H,12,13). The minimum absolute atomic E-state index is 0.113. The highest BCUT2D eigenvalue weighted by molar-refractivity contribution is 5.87. The second-order valence-electron chi connectivity index (χ2n) is 3.34. The van der Waals surface area contributed by atoms with E-state index < -0.39 is 5.97 Å². The van der Waals surface area contributed by atoms with E-state index in [1.807, 2.05) is 0 Å². The summed E-state index contributed by atoms with van der Waals surface area (Å²) >= 11 is 0. The third kappa shape index (κ3) is 1.16. The molecule has 1 aliphatic carbocycles. The SMILES string of the molecule is Cn1c(N)nc(C(=O)O)c1C1CC1. The van der Waals surface area contributed by atoms with Crippen LogP contribution >= 0.6 is 0 Å². The molecule has 0 radical (unpaired) electrons. The number of nitrogens with two attached hydrogens (primary N) is 1. The molecule has 0 saturated heterocycles. The minimum atomic E-state index is -0.991. The lowest BCUT2D eigenvalue weighted by molar-refractivity contribution is 0.0689. The van der Waals surface area contributed by atoms with Crippen molar-refractivity contribution in [3.05, 3.63) is 11.4 Å². The normalized spacial score (nSPS) is 16.1. The van der Waals surface area contributed by atoms with Crippen molar-refractivity contribution in [3.63, 3.8) is 0 Å². The average Bonchev–Trinajstić information content (AvgIpc) is 2.82. The summed E-state index contributed by atoms with van der Waals surface area (Å²) in [6, 6.07) is 0. The molecule has 5 heteroatoms. The topological polar surface area (TPSA) is 81.1 Å². The lowest BCUT2D eigenvalue weighted by atomic mass is 10.2. The summed E-state index contributed by atoms with van der Waals surface area (Å²) in [6.07, 6.45) is 2.08. The second kappa shape index (κ2) is 2.48. The van der Waals surface area contributed by atoms with Gasteiger partial charge in [-0.25, -0.2) is 9.78 Å². The highest BCUT2D eigenvalue weighted by atomic mass is 16.4. The molecule has 13 heavy (non-hydrogen) atoms. The van der Waals surface area contributed by atoms with Crippen molar-refractivity contribution < 1.29 is 9.90 Å². The van der Waals surface area contributed by atoms with E-state index in [0.717, 1.165) is 18.5 Å². The third-order valence-corrected chi connectivity index (χ3v) is 2.34. The van der Waals surface area contributed by atoms with Crippen LogP contribution in [0.1, 0.15) is 34.9 Å². The molecule has 0 aliphatic heterocycles. The van der Waals surface area contributed by atoms with E-state index in [0.29, 0.717) is 5.92 Å². The number of aromatic nitrogens is 2. The molecular formula is C8H11N3O2. The van der Waals surface area contributed by atoms with Crippen molar-refractivity contribution in [2.24, 2.45) is 7.05 Å². The molecule has 1 heterocycles. The van der Waals surface area contributed by atoms with Gasteiger partial charge in [-0.3, -0.25) is 0 Å². The number of carboxylic acids is 1. The van der Waals surface area contributed by atoms with Crippen LogP contribution < -0.4 is 5.73 Å². The first-order valence-electron chi connectivity index (χ1n) is 4.16. The highest BCUT2D eigenvalue weighted by Gasteiger charge is 2.32. The Balaban J connectivity index is 2.54. The summed E-state index contributed by atoms with van der Waals surface area (Å²) in [4.78, 5) is 14.6. The van der Waals surface area contributed by atoms with Gasteiger partial charge in [-0.05, 0) is 12.8 Å². The summed E-state index contributed by atoms with van der Waals surface area (Å²) < 4.78 is 1.67. The Morgan fingerprint density at radius 1 is 1.69 bits per heavy atom. The van der Waals surface area contributed by atoms with E-state index in [1.54, 1.807) is 11.6 Å². The van der Waals surface area contributed by atoms with Gasteiger partial charge in [-0.15, -0.1) is 0 Å². The van der Waals surface area contributed by atoms with Crippen LogP contribution in [-0.2, 0) is 7.05 Å². The van der Waals surface area contributed by atoms with Gasteiger partial charge in [-0.1, -0.05) is 0 Å². The van der Waals surface area contributed by atoms with E-state index in [4.69, 9.17) is 10.8 Å². The molecule has 0 unspecified atom stereocenters. The van der Waals surface area contributed by atoms with E-state index >= 15 is 0 Å². The fraction of sp³-hybridized carbons (Fsp3) is 0.500. The van der Waals surface area contributed by atoms with Gasteiger partial charge in [0.15, 0.2) is 5.69 Å². The first-order chi connectivity index (χ1) is 6.11. The maximum absolute atomic E-state index is 10.8. The molecule has 1 saturated carbocycles. The molecule has 70 valence electrons. The summed E-state index contributed by atoms with van der Waals surface area (Å²) in [6.45, 7) is 0. The second-order valence-corrected chi connectivity index (χ2v) is 3.34. The van der Waals surface area contributed by atoms with Crippen molar-refractivity contribution in [1.82, 2.24) is 9.55 Å². The molecule has 5 nitrogen and oxygen atoms in total. The number of anilines is 1. The van der Waals surface area contributed by atoms with Crippen LogP contribution in [0.3, 0.4) is 0 Å². The lowest BCUT2D eigenvalue weighted by Crippen LogP contribution is -2.04. The van der Waals surface area contributed by atoms with Gasteiger partial charge in [0.25, 0.3) is 0 Å². The molecule has 1 aromatic rings. The zero-order chi connectivity index (χ0) is 9.59. The number of carboxylic acid groups (broad SMARTS) is 1. The highest BCUT2D eigenvalue weighted by Crippen LogP contribution is 2.42. The first kappa shape index (κ1) is 8.10. The number of rotatable bonds is 2. The molecule has 1 fully saturated rings. The van der Waals surface area contributed by atoms with E-state index in [2.05, 4.69) is 4.98 Å². The van der Waals surface area contributed by atoms with Crippen LogP contribution in [0.15, 0.2) is 0 Å². The molecule has 0 aromatic carbocycles. The Morgan fingerprint density at radius 2 is 2.31 bits per heavy atom. The van der Waals surface area contributed by atoms with Crippen LogP contribution in [-0.4, -0.2) is 20.6 Å². The van der Waals surface area contributed by atoms with Gasteiger partial charge in [-0.2, -0.15) is 0 Å². The third-order valence-electron chi connectivity index (χ3n) is 2.34. The predicted molar refractivity (Wildman–Crippen MR) is 46.6 cm³/mol. The van der Waals surface area contributed by atoms with Crippen LogP contribution in [0, 0.1) is 0 Å². The number of aromatic carboxylic acids is 1. The summed E-state index contributed by atoms with van der Waals surface area (Å²) in [5, 5.41) is 8.85. The number of hydrogen-bond donors (Lipinski definition) is 2. The molecule has 1 aromatic heterocycles. The monoisotopic (exact) mass is 181 g/mol. The van der Waals surface area contributed by atoms with Gasteiger partial charge >= 0.3 is 5.97 Å². The molecule has 0 amide bonds. The van der Waals surface area contributed by atoms with Gasteiger partial charge in [0.1, 0.15) is 0 Å². The first-order valence-corrected chi connectivity index (χ1v) is 4.16. The number of hydrogen-bond acceptors (Lipinski definition) is 3. The Labute approximate surface area is 75.2 Å². The molecule has 2 rings (SSSR count). The molecule has 0 atom stereocenters. The van der Waals surface area contributed by atoms with Crippen LogP contribution in [0.2, 0.25) is 0 Å². The van der Waals surface area contributed by atoms with Crippen molar-refractivity contribution in [2.45, 2.75) is 18.8 Å². The van der Waals surface area contributed by atoms with Crippen LogP contribution in [0.4, 0.5) is 5.95 Å². The van der Waals surface area contributed by atoms with E-state index in [9.17, 15) is 4.79 Å². The summed E-state index contributed by atoms with van der Waals surface area (Å²) in [5.74, 6) is -0.366. The predicted octanol–water partition coefficient (Wildman–Crippen LogP) is 0.578. The van der Waals surface area contributed by atoms with E-state index in [1.165, 1.54) is 0 Å². The van der Waals surface area contributed by atoms with E-state index in [-0.39, 0.29) is 11.6 Å². The van der Waals surface area contributed by atoms with Crippen LogP contribution in [0.25, 0.3) is 0 Å². The summed E-state index contributed by atoms with van der Waals surface area (Å²) in [7, 11) is 1.75. The van der Waals surface area contributed by atoms with Crippen molar-refractivity contribution in [2.75, 3.05) is 5.73 Å². The molecule has 0 spiro atoms. The zero-order valence-electron chi connectivity index (χ0n) is 7.32. The fourth-order valence-electron chi connectivity index (χ4n) is 1.51. The molecule has 3 N–H and O–H groups in total. The molecule has 0 bridgehead atoms. The lowest BCUT2D eigenvalue weighted by Gasteiger charge is -2.00. The minimum Gasteiger partial charge on any atom is -0.476 e. The van der Waals surface area contributed by atoms with Gasteiger partial charge in [0.05, 0.1) is 5.69 Å². The smallest absolute Gasteiger partial charge is 0.356 e. The number of nitrogen functional groups attached to an aromatic ring is 1. The van der Waals surface area contributed by atoms with Crippen molar-refractivity contribution in [1.29, 1.82) is 0 Å². The zero-order valence-corrected chi connectivity index (χ0v) is 7.32. The number of carbonyl (C=O) groups is 1. The quantitative estimate of drug-likeness (QED) is 0.699. The maximum Gasteiger partial charge on any atom is 0.356 e. The maximum atomic E-state index is 10.8. The largest absolute Gasteiger partial charge is 0.476 e. The van der Waals surface area contributed by atoms with Crippen molar-refractivity contribution in [3.8, 4) is 0 Å². The van der Waals surface area contributed by atoms with Crippen LogP contribution in [0.5, 0.6) is 0 Å². The van der Waals surface area contributed by atoms with Gasteiger partial charge in [0, 0.05) is 13.0 Å². The van der Waals surface area contributed by atoms with Gasteiger partial charge < -0.3 is 15.4 Å². The number of nitrogens with zero attached hydrogens (tertiary/aromatic N) is 2.